The molecule has 0 spiro atoms. The molecule has 6 heteroatoms. The molecule has 0 aliphatic carbocycles. The fraction of sp³-hybridized carbons (Fsp3) is 0.533. The van der Waals surface area contributed by atoms with Crippen LogP contribution in [0.1, 0.15) is 20.3 Å². The number of hydrogen-bond acceptors (Lipinski definition) is 4. The van der Waals surface area contributed by atoms with E-state index in [-0.39, 0.29) is 5.91 Å². The fourth-order valence-electron chi connectivity index (χ4n) is 1.87. The van der Waals surface area contributed by atoms with E-state index in [0.717, 1.165) is 19.7 Å². The van der Waals surface area contributed by atoms with Crippen molar-refractivity contribution >= 4 is 28.9 Å². The lowest BCUT2D eigenvalue weighted by molar-refractivity contribution is -0.116. The first kappa shape index (κ1) is 17.8. The summed E-state index contributed by atoms with van der Waals surface area (Å²) in [6, 6.07) is 5.07. The zero-order valence-electron chi connectivity index (χ0n) is 12.7. The van der Waals surface area contributed by atoms with Crippen molar-refractivity contribution in [3.8, 4) is 0 Å². The smallest absolute Gasteiger partial charge is 0.225 e. The first-order valence-electron chi connectivity index (χ1n) is 7.21. The predicted octanol–water partition coefficient (Wildman–Crippen LogP) is 2.61. The maximum absolute atomic E-state index is 11.9. The molecule has 0 radical (unpaired) electrons. The zero-order chi connectivity index (χ0) is 15.7. The van der Waals surface area contributed by atoms with Crippen LogP contribution in [0.4, 0.5) is 11.4 Å². The number of halogens is 1. The number of anilines is 2. The molecule has 21 heavy (non-hydrogen) atoms. The molecule has 118 valence electrons. The third kappa shape index (κ3) is 6.80. The van der Waals surface area contributed by atoms with Crippen LogP contribution in [-0.4, -0.2) is 43.7 Å². The molecule has 0 bridgehead atoms. The average Bonchev–Trinajstić information content (AvgIpc) is 2.46. The quantitative estimate of drug-likeness (QED) is 0.543. The largest absolute Gasteiger partial charge is 0.397 e. The summed E-state index contributed by atoms with van der Waals surface area (Å²) in [4.78, 5) is 14.1. The van der Waals surface area contributed by atoms with Gasteiger partial charge in [0, 0.05) is 31.8 Å². The van der Waals surface area contributed by atoms with Crippen molar-refractivity contribution in [1.82, 2.24) is 4.90 Å². The summed E-state index contributed by atoms with van der Waals surface area (Å²) in [7, 11) is 0. The molecular formula is C15H24ClN3O2. The maximum Gasteiger partial charge on any atom is 0.225 e. The van der Waals surface area contributed by atoms with E-state index in [0.29, 0.717) is 36.0 Å². The zero-order valence-corrected chi connectivity index (χ0v) is 13.4. The van der Waals surface area contributed by atoms with Gasteiger partial charge in [-0.3, -0.25) is 4.79 Å². The Morgan fingerprint density at radius 3 is 2.76 bits per heavy atom. The van der Waals surface area contributed by atoms with Crippen molar-refractivity contribution in [2.24, 2.45) is 0 Å². The molecule has 0 aliphatic heterocycles. The molecule has 1 aromatic rings. The first-order valence-corrected chi connectivity index (χ1v) is 7.59. The number of carbonyl (C=O) groups is 1. The topological polar surface area (TPSA) is 67.6 Å². The lowest BCUT2D eigenvalue weighted by atomic mass is 10.2. The number of nitrogens with two attached hydrogens (primary N) is 1. The highest BCUT2D eigenvalue weighted by Gasteiger charge is 2.08. The highest BCUT2D eigenvalue weighted by Crippen LogP contribution is 2.22. The number of ether oxygens (including phenoxy) is 1. The second kappa shape index (κ2) is 9.60. The van der Waals surface area contributed by atoms with Gasteiger partial charge in [0.05, 0.1) is 17.3 Å². The molecule has 1 aromatic carbocycles. The Bertz CT molecular complexity index is 455. The van der Waals surface area contributed by atoms with Crippen LogP contribution in [0.3, 0.4) is 0 Å². The Hall–Kier alpha value is -1.30. The van der Waals surface area contributed by atoms with Crippen LogP contribution in [0.2, 0.25) is 5.02 Å². The van der Waals surface area contributed by atoms with Gasteiger partial charge in [0.15, 0.2) is 0 Å². The van der Waals surface area contributed by atoms with Gasteiger partial charge in [-0.05, 0) is 31.7 Å². The van der Waals surface area contributed by atoms with Gasteiger partial charge in [-0.1, -0.05) is 18.5 Å². The molecule has 0 fully saturated rings. The number of rotatable bonds is 9. The van der Waals surface area contributed by atoms with E-state index in [1.807, 2.05) is 6.92 Å². The number of amides is 1. The summed E-state index contributed by atoms with van der Waals surface area (Å²) >= 11 is 5.84. The van der Waals surface area contributed by atoms with Crippen molar-refractivity contribution in [3.05, 3.63) is 23.2 Å². The van der Waals surface area contributed by atoms with Gasteiger partial charge in [-0.25, -0.2) is 0 Å². The van der Waals surface area contributed by atoms with Crippen molar-refractivity contribution in [3.63, 3.8) is 0 Å². The van der Waals surface area contributed by atoms with Crippen molar-refractivity contribution < 1.29 is 9.53 Å². The number of nitrogens with one attached hydrogen (secondary N) is 1. The van der Waals surface area contributed by atoms with Gasteiger partial charge in [0.1, 0.15) is 0 Å². The predicted molar refractivity (Wildman–Crippen MR) is 87.7 cm³/mol. The van der Waals surface area contributed by atoms with Crippen LogP contribution >= 0.6 is 11.6 Å². The van der Waals surface area contributed by atoms with E-state index in [4.69, 9.17) is 22.1 Å². The standard InChI is InChI=1S/C15H24ClN3O2/c1-3-19(9-10-21-4-2)8-7-15(20)18-12-5-6-13(16)14(17)11-12/h5-6,11H,3-4,7-10,17H2,1-2H3,(H,18,20). The van der Waals surface area contributed by atoms with Gasteiger partial charge in [0.2, 0.25) is 5.91 Å². The van der Waals surface area contributed by atoms with Crippen LogP contribution in [-0.2, 0) is 9.53 Å². The Morgan fingerprint density at radius 1 is 1.38 bits per heavy atom. The Kier molecular flexibility index (Phi) is 8.12. The molecule has 1 rings (SSSR count). The SMILES string of the molecule is CCOCCN(CC)CCC(=O)Nc1ccc(Cl)c(N)c1. The van der Waals surface area contributed by atoms with Gasteiger partial charge in [-0.15, -0.1) is 0 Å². The third-order valence-corrected chi connectivity index (χ3v) is 3.48. The van der Waals surface area contributed by atoms with E-state index in [1.165, 1.54) is 0 Å². The number of likely N-dealkylation sites (N-methyl/N-ethyl adjacent to an activating group) is 1. The molecule has 0 aromatic heterocycles. The van der Waals surface area contributed by atoms with E-state index >= 15 is 0 Å². The lowest BCUT2D eigenvalue weighted by Gasteiger charge is -2.19. The second-order valence-electron chi connectivity index (χ2n) is 4.67. The summed E-state index contributed by atoms with van der Waals surface area (Å²) in [6.45, 7) is 7.90. The Morgan fingerprint density at radius 2 is 2.14 bits per heavy atom. The van der Waals surface area contributed by atoms with Crippen molar-refractivity contribution in [2.45, 2.75) is 20.3 Å². The molecule has 3 N–H and O–H groups in total. The maximum atomic E-state index is 11.9. The highest BCUT2D eigenvalue weighted by molar-refractivity contribution is 6.33. The van der Waals surface area contributed by atoms with Gasteiger partial charge < -0.3 is 20.7 Å². The van der Waals surface area contributed by atoms with Crippen LogP contribution in [0.25, 0.3) is 0 Å². The summed E-state index contributed by atoms with van der Waals surface area (Å²) in [5.74, 6) is -0.0356. The molecule has 5 nitrogen and oxygen atoms in total. The van der Waals surface area contributed by atoms with Gasteiger partial charge in [0.25, 0.3) is 0 Å². The Balaban J connectivity index is 2.36. The average molecular weight is 314 g/mol. The number of hydrogen-bond donors (Lipinski definition) is 2. The summed E-state index contributed by atoms with van der Waals surface area (Å²) in [5.41, 5.74) is 6.83. The summed E-state index contributed by atoms with van der Waals surface area (Å²) in [5, 5.41) is 3.31. The monoisotopic (exact) mass is 313 g/mol. The molecule has 0 unspecified atom stereocenters. The van der Waals surface area contributed by atoms with Crippen LogP contribution < -0.4 is 11.1 Å². The van der Waals surface area contributed by atoms with Crippen LogP contribution in [0.15, 0.2) is 18.2 Å². The van der Waals surface area contributed by atoms with E-state index in [9.17, 15) is 4.79 Å². The van der Waals surface area contributed by atoms with Crippen LogP contribution in [0.5, 0.6) is 0 Å². The fourth-order valence-corrected chi connectivity index (χ4v) is 1.99. The van der Waals surface area contributed by atoms with Gasteiger partial charge >= 0.3 is 0 Å². The first-order chi connectivity index (χ1) is 10.1. The normalized spacial score (nSPS) is 10.9. The molecule has 0 atom stereocenters. The number of nitrogen functional groups attached to an aromatic ring is 1. The minimum Gasteiger partial charge on any atom is -0.397 e. The molecular weight excluding hydrogens is 290 g/mol. The van der Waals surface area contributed by atoms with Crippen molar-refractivity contribution in [2.75, 3.05) is 43.9 Å². The third-order valence-electron chi connectivity index (χ3n) is 3.14. The van der Waals surface area contributed by atoms with E-state index in [2.05, 4.69) is 17.1 Å². The molecule has 0 heterocycles. The van der Waals surface area contributed by atoms with Crippen LogP contribution in [0, 0.1) is 0 Å². The van der Waals surface area contributed by atoms with E-state index < -0.39 is 0 Å². The number of nitrogens with zero attached hydrogens (tertiary/aromatic N) is 1. The van der Waals surface area contributed by atoms with Crippen molar-refractivity contribution in [1.29, 1.82) is 0 Å². The molecule has 0 saturated heterocycles. The molecule has 0 aliphatic rings. The second-order valence-corrected chi connectivity index (χ2v) is 5.07. The number of carbonyl (C=O) groups excluding carboxylic acids is 1. The Labute approximate surface area is 131 Å². The molecule has 0 saturated carbocycles. The highest BCUT2D eigenvalue weighted by atomic mass is 35.5. The lowest BCUT2D eigenvalue weighted by Crippen LogP contribution is -2.30. The number of benzene rings is 1. The minimum absolute atomic E-state index is 0.0356. The minimum atomic E-state index is -0.0356. The summed E-state index contributed by atoms with van der Waals surface area (Å²) in [6.07, 6.45) is 0.433. The molecule has 1 amide bonds. The van der Waals surface area contributed by atoms with E-state index in [1.54, 1.807) is 18.2 Å². The summed E-state index contributed by atoms with van der Waals surface area (Å²) < 4.78 is 5.32. The van der Waals surface area contributed by atoms with Gasteiger partial charge in [-0.2, -0.15) is 0 Å².